The summed E-state index contributed by atoms with van der Waals surface area (Å²) in [6.45, 7) is 4.01. The summed E-state index contributed by atoms with van der Waals surface area (Å²) < 4.78 is 0. The van der Waals surface area contributed by atoms with Gasteiger partial charge in [0.25, 0.3) is 0 Å². The lowest BCUT2D eigenvalue weighted by Crippen LogP contribution is -2.54. The van der Waals surface area contributed by atoms with E-state index in [1.807, 2.05) is 48.7 Å². The van der Waals surface area contributed by atoms with E-state index >= 15 is 0 Å². The van der Waals surface area contributed by atoms with Crippen LogP contribution in [0.5, 0.6) is 0 Å². The Hall–Kier alpha value is -3.48. The molecular formula is C24H26N6O. The van der Waals surface area contributed by atoms with E-state index < -0.39 is 0 Å². The number of nitrogens with zero attached hydrogens (tertiary/aromatic N) is 5. The molecule has 0 unspecified atom stereocenters. The standard InChI is InChI=1S/C24H26N6O/c31-24(26-14-18-8-9-25-22(12-18)29-10-4-5-11-29)20-15-30(16-20)23-13-21(27-17-28-23)19-6-2-1-3-7-19/h1-3,6-9,12-13,17,20H,4-5,10-11,14-16H2,(H,26,31). The van der Waals surface area contributed by atoms with Crippen LogP contribution in [0.1, 0.15) is 18.4 Å². The van der Waals surface area contributed by atoms with Crippen molar-refractivity contribution in [2.45, 2.75) is 19.4 Å². The molecule has 2 fully saturated rings. The highest BCUT2D eigenvalue weighted by atomic mass is 16.2. The molecule has 3 aromatic rings. The Labute approximate surface area is 182 Å². The highest BCUT2D eigenvalue weighted by molar-refractivity contribution is 5.82. The number of benzene rings is 1. The maximum atomic E-state index is 12.6. The van der Waals surface area contributed by atoms with Gasteiger partial charge in [0.15, 0.2) is 0 Å². The van der Waals surface area contributed by atoms with Gasteiger partial charge in [-0.2, -0.15) is 0 Å². The fourth-order valence-electron chi connectivity index (χ4n) is 4.14. The monoisotopic (exact) mass is 414 g/mol. The number of carbonyl (C=O) groups excluding carboxylic acids is 1. The van der Waals surface area contributed by atoms with Crippen molar-refractivity contribution in [2.24, 2.45) is 5.92 Å². The van der Waals surface area contributed by atoms with Gasteiger partial charge >= 0.3 is 0 Å². The number of amides is 1. The molecule has 0 saturated carbocycles. The number of hydrogen-bond acceptors (Lipinski definition) is 6. The Bertz CT molecular complexity index is 1040. The second kappa shape index (κ2) is 8.71. The molecule has 1 N–H and O–H groups in total. The molecule has 0 bridgehead atoms. The van der Waals surface area contributed by atoms with Crippen LogP contribution in [-0.2, 0) is 11.3 Å². The van der Waals surface area contributed by atoms with Crippen LogP contribution in [0.4, 0.5) is 11.6 Å². The summed E-state index contributed by atoms with van der Waals surface area (Å²) in [5.41, 5.74) is 3.04. The predicted molar refractivity (Wildman–Crippen MR) is 121 cm³/mol. The van der Waals surface area contributed by atoms with E-state index in [2.05, 4.69) is 36.1 Å². The molecule has 7 heteroatoms. The van der Waals surface area contributed by atoms with E-state index in [1.54, 1.807) is 6.33 Å². The van der Waals surface area contributed by atoms with Crippen molar-refractivity contribution in [2.75, 3.05) is 36.0 Å². The largest absolute Gasteiger partial charge is 0.357 e. The Morgan fingerprint density at radius 1 is 0.935 bits per heavy atom. The van der Waals surface area contributed by atoms with Gasteiger partial charge in [-0.3, -0.25) is 4.79 Å². The average Bonchev–Trinajstić information content (AvgIpc) is 3.33. The van der Waals surface area contributed by atoms with Gasteiger partial charge < -0.3 is 15.1 Å². The molecule has 1 amide bonds. The minimum absolute atomic E-state index is 0.0185. The summed E-state index contributed by atoms with van der Waals surface area (Å²) in [7, 11) is 0. The van der Waals surface area contributed by atoms with Gasteiger partial charge in [0.05, 0.1) is 11.6 Å². The van der Waals surface area contributed by atoms with E-state index in [0.717, 1.165) is 41.5 Å². The van der Waals surface area contributed by atoms with Crippen LogP contribution in [0.25, 0.3) is 11.3 Å². The van der Waals surface area contributed by atoms with Crippen LogP contribution in [0, 0.1) is 5.92 Å². The second-order valence-corrected chi connectivity index (χ2v) is 8.16. The van der Waals surface area contributed by atoms with Gasteiger partial charge in [-0.05, 0) is 30.5 Å². The molecule has 2 saturated heterocycles. The second-order valence-electron chi connectivity index (χ2n) is 8.16. The first-order chi connectivity index (χ1) is 15.3. The Balaban J connectivity index is 1.15. The maximum absolute atomic E-state index is 12.6. The van der Waals surface area contributed by atoms with Gasteiger partial charge in [-0.25, -0.2) is 15.0 Å². The summed E-state index contributed by atoms with van der Waals surface area (Å²) >= 11 is 0. The zero-order valence-electron chi connectivity index (χ0n) is 17.4. The van der Waals surface area contributed by atoms with E-state index in [4.69, 9.17) is 0 Å². The van der Waals surface area contributed by atoms with Crippen LogP contribution < -0.4 is 15.1 Å². The number of pyridine rings is 1. The zero-order valence-corrected chi connectivity index (χ0v) is 17.4. The smallest absolute Gasteiger partial charge is 0.226 e. The van der Waals surface area contributed by atoms with E-state index in [0.29, 0.717) is 19.6 Å². The molecule has 1 aromatic carbocycles. The summed E-state index contributed by atoms with van der Waals surface area (Å²) in [6.07, 6.45) is 5.87. The van der Waals surface area contributed by atoms with Crippen LogP contribution >= 0.6 is 0 Å². The molecule has 0 aliphatic carbocycles. The number of hydrogen-bond donors (Lipinski definition) is 1. The first-order valence-corrected chi connectivity index (χ1v) is 10.9. The fraction of sp³-hybridized carbons (Fsp3) is 0.333. The Morgan fingerprint density at radius 3 is 2.52 bits per heavy atom. The van der Waals surface area contributed by atoms with Gasteiger partial charge in [0, 0.05) is 50.6 Å². The third-order valence-corrected chi connectivity index (χ3v) is 6.01. The van der Waals surface area contributed by atoms with Gasteiger partial charge in [0.2, 0.25) is 5.91 Å². The van der Waals surface area contributed by atoms with Crippen molar-refractivity contribution < 1.29 is 4.79 Å². The minimum atomic E-state index is -0.0185. The van der Waals surface area contributed by atoms with Crippen LogP contribution in [0.15, 0.2) is 61.1 Å². The van der Waals surface area contributed by atoms with Crippen molar-refractivity contribution >= 4 is 17.5 Å². The van der Waals surface area contributed by atoms with Crippen molar-refractivity contribution in [3.8, 4) is 11.3 Å². The third kappa shape index (κ3) is 4.35. The predicted octanol–water partition coefficient (Wildman–Crippen LogP) is 2.89. The van der Waals surface area contributed by atoms with Gasteiger partial charge in [-0.1, -0.05) is 30.3 Å². The minimum Gasteiger partial charge on any atom is -0.357 e. The molecule has 0 radical (unpaired) electrons. The quantitative estimate of drug-likeness (QED) is 0.669. The summed E-state index contributed by atoms with van der Waals surface area (Å²) in [4.78, 5) is 30.3. The summed E-state index contributed by atoms with van der Waals surface area (Å²) in [5, 5.41) is 3.08. The number of rotatable bonds is 6. The zero-order chi connectivity index (χ0) is 21.0. The summed E-state index contributed by atoms with van der Waals surface area (Å²) in [6, 6.07) is 16.1. The van der Waals surface area contributed by atoms with E-state index in [-0.39, 0.29) is 11.8 Å². The van der Waals surface area contributed by atoms with Crippen LogP contribution in [0.3, 0.4) is 0 Å². The molecule has 0 spiro atoms. The van der Waals surface area contributed by atoms with E-state index in [9.17, 15) is 4.79 Å². The molecule has 158 valence electrons. The number of aromatic nitrogens is 3. The van der Waals surface area contributed by atoms with Gasteiger partial charge in [0.1, 0.15) is 18.0 Å². The van der Waals surface area contributed by atoms with Crippen LogP contribution in [-0.4, -0.2) is 47.0 Å². The number of nitrogens with one attached hydrogen (secondary N) is 1. The normalized spacial score (nSPS) is 16.3. The molecule has 31 heavy (non-hydrogen) atoms. The first kappa shape index (κ1) is 19.5. The molecule has 2 aliphatic heterocycles. The van der Waals surface area contributed by atoms with Gasteiger partial charge in [-0.15, -0.1) is 0 Å². The topological polar surface area (TPSA) is 74.2 Å². The molecule has 5 rings (SSSR count). The lowest BCUT2D eigenvalue weighted by atomic mass is 9.99. The van der Waals surface area contributed by atoms with Crippen molar-refractivity contribution in [3.63, 3.8) is 0 Å². The fourth-order valence-corrected chi connectivity index (χ4v) is 4.14. The Kier molecular flexibility index (Phi) is 5.48. The van der Waals surface area contributed by atoms with Crippen molar-refractivity contribution in [1.82, 2.24) is 20.3 Å². The maximum Gasteiger partial charge on any atom is 0.226 e. The van der Waals surface area contributed by atoms with Crippen LogP contribution in [0.2, 0.25) is 0 Å². The number of carbonyl (C=O) groups is 1. The lowest BCUT2D eigenvalue weighted by Gasteiger charge is -2.39. The average molecular weight is 415 g/mol. The van der Waals surface area contributed by atoms with E-state index in [1.165, 1.54) is 12.8 Å². The molecule has 2 aliphatic rings. The highest BCUT2D eigenvalue weighted by Gasteiger charge is 2.33. The number of anilines is 2. The molecule has 0 atom stereocenters. The third-order valence-electron chi connectivity index (χ3n) is 6.01. The molecular weight excluding hydrogens is 388 g/mol. The molecule has 2 aromatic heterocycles. The van der Waals surface area contributed by atoms with Crippen molar-refractivity contribution in [3.05, 3.63) is 66.6 Å². The molecule has 7 nitrogen and oxygen atoms in total. The molecule has 4 heterocycles. The van der Waals surface area contributed by atoms with Crippen molar-refractivity contribution in [1.29, 1.82) is 0 Å². The Morgan fingerprint density at radius 2 is 1.71 bits per heavy atom. The highest BCUT2D eigenvalue weighted by Crippen LogP contribution is 2.26. The lowest BCUT2D eigenvalue weighted by molar-refractivity contribution is -0.125. The summed E-state index contributed by atoms with van der Waals surface area (Å²) in [5.74, 6) is 1.95. The SMILES string of the molecule is O=C(NCc1ccnc(N2CCCC2)c1)C1CN(c2cc(-c3ccccc3)ncn2)C1. The first-order valence-electron chi connectivity index (χ1n) is 10.9.